The molecule has 3 N–H and O–H groups in total. The maximum absolute atomic E-state index is 11.4. The first-order valence-electron chi connectivity index (χ1n) is 4.05. The minimum absolute atomic E-state index is 0.312. The second-order valence-electron chi connectivity index (χ2n) is 2.86. The number of rotatable bonds is 3. The molecule has 0 aromatic carbocycles. The molecular weight excluding hydrogens is 170 g/mol. The molecule has 72 valence electrons. The first kappa shape index (κ1) is 9.73. The number of ether oxygens (including phenoxy) is 1. The third-order valence-corrected chi connectivity index (χ3v) is 1.69. The molecule has 1 aromatic rings. The summed E-state index contributed by atoms with van der Waals surface area (Å²) in [6, 6.07) is 0. The van der Waals surface area contributed by atoms with E-state index in [4.69, 9.17) is 10.5 Å². The van der Waals surface area contributed by atoms with Gasteiger partial charge in [0.1, 0.15) is 5.82 Å². The van der Waals surface area contributed by atoms with E-state index in [1.807, 2.05) is 0 Å². The van der Waals surface area contributed by atoms with Crippen LogP contribution in [0.4, 0.5) is 0 Å². The molecule has 1 heterocycles. The molecule has 1 atom stereocenters. The van der Waals surface area contributed by atoms with Crippen molar-refractivity contribution >= 4 is 5.97 Å². The molecule has 0 aliphatic heterocycles. The van der Waals surface area contributed by atoms with Crippen molar-refractivity contribution in [3.05, 3.63) is 18.2 Å². The van der Waals surface area contributed by atoms with Crippen molar-refractivity contribution < 1.29 is 9.53 Å². The highest BCUT2D eigenvalue weighted by Gasteiger charge is 2.34. The highest BCUT2D eigenvalue weighted by atomic mass is 16.5. The number of carbonyl (C=O) groups excluding carboxylic acids is 1. The zero-order valence-corrected chi connectivity index (χ0v) is 7.70. The maximum Gasteiger partial charge on any atom is 0.333 e. The van der Waals surface area contributed by atoms with Gasteiger partial charge in [-0.15, -0.1) is 0 Å². The van der Waals surface area contributed by atoms with Crippen molar-refractivity contribution in [1.82, 2.24) is 9.97 Å². The van der Waals surface area contributed by atoms with Crippen molar-refractivity contribution in [1.29, 1.82) is 0 Å². The summed E-state index contributed by atoms with van der Waals surface area (Å²) in [5.74, 6) is -0.0732. The van der Waals surface area contributed by atoms with Gasteiger partial charge in [0.05, 0.1) is 6.61 Å². The van der Waals surface area contributed by atoms with Crippen LogP contribution in [0.25, 0.3) is 0 Å². The van der Waals surface area contributed by atoms with Crippen LogP contribution in [0.3, 0.4) is 0 Å². The molecule has 0 saturated carbocycles. The van der Waals surface area contributed by atoms with E-state index in [1.165, 1.54) is 0 Å². The van der Waals surface area contributed by atoms with E-state index in [0.29, 0.717) is 12.4 Å². The summed E-state index contributed by atoms with van der Waals surface area (Å²) in [4.78, 5) is 18.0. The van der Waals surface area contributed by atoms with Gasteiger partial charge in [-0.25, -0.2) is 9.78 Å². The topological polar surface area (TPSA) is 81.0 Å². The van der Waals surface area contributed by atoms with E-state index in [1.54, 1.807) is 26.2 Å². The lowest BCUT2D eigenvalue weighted by Gasteiger charge is -2.19. The van der Waals surface area contributed by atoms with Crippen LogP contribution < -0.4 is 5.73 Å². The number of nitrogens with one attached hydrogen (secondary N) is 1. The molecule has 5 heteroatoms. The van der Waals surface area contributed by atoms with Gasteiger partial charge in [-0.05, 0) is 13.8 Å². The Morgan fingerprint density at radius 3 is 3.00 bits per heavy atom. The van der Waals surface area contributed by atoms with Gasteiger partial charge in [-0.1, -0.05) is 0 Å². The number of hydrogen-bond donors (Lipinski definition) is 2. The quantitative estimate of drug-likeness (QED) is 0.653. The molecule has 0 amide bonds. The number of nitrogens with zero attached hydrogens (tertiary/aromatic N) is 1. The number of aromatic amines is 1. The molecule has 1 unspecified atom stereocenters. The molecule has 0 aliphatic carbocycles. The zero-order chi connectivity index (χ0) is 9.90. The number of aromatic nitrogens is 2. The molecular formula is C8H13N3O2. The molecule has 0 fully saturated rings. The molecule has 5 nitrogen and oxygen atoms in total. The fourth-order valence-corrected chi connectivity index (χ4v) is 0.927. The van der Waals surface area contributed by atoms with E-state index < -0.39 is 11.5 Å². The van der Waals surface area contributed by atoms with Crippen LogP contribution in [0, 0.1) is 0 Å². The third kappa shape index (κ3) is 1.86. The third-order valence-electron chi connectivity index (χ3n) is 1.69. The van der Waals surface area contributed by atoms with Gasteiger partial charge >= 0.3 is 5.97 Å². The van der Waals surface area contributed by atoms with Gasteiger partial charge in [0.2, 0.25) is 0 Å². The zero-order valence-electron chi connectivity index (χ0n) is 7.70. The Labute approximate surface area is 76.3 Å². The molecule has 13 heavy (non-hydrogen) atoms. The lowest BCUT2D eigenvalue weighted by Crippen LogP contribution is -2.44. The summed E-state index contributed by atoms with van der Waals surface area (Å²) in [7, 11) is 0. The first-order valence-corrected chi connectivity index (χ1v) is 4.05. The van der Waals surface area contributed by atoms with E-state index in [9.17, 15) is 4.79 Å². The number of hydrogen-bond acceptors (Lipinski definition) is 4. The lowest BCUT2D eigenvalue weighted by molar-refractivity contribution is -0.149. The van der Waals surface area contributed by atoms with Crippen LogP contribution in [-0.2, 0) is 15.1 Å². The predicted octanol–water partition coefficient (Wildman–Crippen LogP) is 0.147. The Balaban J connectivity index is 2.82. The molecule has 1 rings (SSSR count). The second kappa shape index (κ2) is 3.57. The van der Waals surface area contributed by atoms with Crippen molar-refractivity contribution in [2.75, 3.05) is 6.61 Å². The minimum Gasteiger partial charge on any atom is -0.464 e. The summed E-state index contributed by atoms with van der Waals surface area (Å²) in [5, 5.41) is 0. The van der Waals surface area contributed by atoms with Gasteiger partial charge < -0.3 is 15.5 Å². The van der Waals surface area contributed by atoms with Crippen LogP contribution in [-0.4, -0.2) is 22.5 Å². The summed E-state index contributed by atoms with van der Waals surface area (Å²) in [5.41, 5.74) is 4.55. The molecule has 0 radical (unpaired) electrons. The number of carbonyl (C=O) groups is 1. The van der Waals surface area contributed by atoms with E-state index >= 15 is 0 Å². The number of imidazole rings is 1. The molecule has 1 aromatic heterocycles. The highest BCUT2D eigenvalue weighted by Crippen LogP contribution is 2.14. The van der Waals surface area contributed by atoms with Crippen LogP contribution in [0.1, 0.15) is 19.7 Å². The number of esters is 1. The average Bonchev–Trinajstić information content (AvgIpc) is 2.56. The van der Waals surface area contributed by atoms with Crippen LogP contribution >= 0.6 is 0 Å². The summed E-state index contributed by atoms with van der Waals surface area (Å²) >= 11 is 0. The lowest BCUT2D eigenvalue weighted by atomic mass is 10.0. The first-order chi connectivity index (χ1) is 6.09. The van der Waals surface area contributed by atoms with Gasteiger partial charge in [-0.2, -0.15) is 0 Å². The number of H-pyrrole nitrogens is 1. The Bertz CT molecular complexity index is 280. The summed E-state index contributed by atoms with van der Waals surface area (Å²) in [6.45, 7) is 3.60. The summed E-state index contributed by atoms with van der Waals surface area (Å²) < 4.78 is 4.81. The van der Waals surface area contributed by atoms with Gasteiger partial charge in [-0.3, -0.25) is 0 Å². The largest absolute Gasteiger partial charge is 0.464 e. The second-order valence-corrected chi connectivity index (χ2v) is 2.86. The molecule has 0 saturated heterocycles. The molecule has 0 spiro atoms. The predicted molar refractivity (Wildman–Crippen MR) is 46.8 cm³/mol. The van der Waals surface area contributed by atoms with Crippen molar-refractivity contribution in [2.45, 2.75) is 19.4 Å². The monoisotopic (exact) mass is 183 g/mol. The van der Waals surface area contributed by atoms with E-state index in [-0.39, 0.29) is 0 Å². The Hall–Kier alpha value is -1.36. The van der Waals surface area contributed by atoms with Crippen LogP contribution in [0.5, 0.6) is 0 Å². The Morgan fingerprint density at radius 2 is 2.54 bits per heavy atom. The van der Waals surface area contributed by atoms with Crippen molar-refractivity contribution in [3.8, 4) is 0 Å². The highest BCUT2D eigenvalue weighted by molar-refractivity contribution is 5.80. The number of nitrogens with two attached hydrogens (primary N) is 1. The molecule has 0 bridgehead atoms. The Morgan fingerprint density at radius 1 is 1.85 bits per heavy atom. The van der Waals surface area contributed by atoms with Crippen LogP contribution in [0.15, 0.2) is 12.4 Å². The average molecular weight is 183 g/mol. The smallest absolute Gasteiger partial charge is 0.333 e. The maximum atomic E-state index is 11.4. The minimum atomic E-state index is -1.19. The SMILES string of the molecule is CCOC(=O)C(C)(N)c1ncc[nH]1. The fourth-order valence-electron chi connectivity index (χ4n) is 0.927. The molecule has 0 aliphatic rings. The fraction of sp³-hybridized carbons (Fsp3) is 0.500. The van der Waals surface area contributed by atoms with E-state index in [2.05, 4.69) is 9.97 Å². The van der Waals surface area contributed by atoms with Gasteiger partial charge in [0.15, 0.2) is 5.54 Å². The van der Waals surface area contributed by atoms with Gasteiger partial charge in [0.25, 0.3) is 0 Å². The van der Waals surface area contributed by atoms with Crippen molar-refractivity contribution in [2.24, 2.45) is 5.73 Å². The normalized spacial score (nSPS) is 15.0. The van der Waals surface area contributed by atoms with Gasteiger partial charge in [0, 0.05) is 12.4 Å². The van der Waals surface area contributed by atoms with E-state index in [0.717, 1.165) is 0 Å². The van der Waals surface area contributed by atoms with Crippen molar-refractivity contribution in [3.63, 3.8) is 0 Å². The summed E-state index contributed by atoms with van der Waals surface area (Å²) in [6.07, 6.45) is 3.15. The standard InChI is InChI=1S/C8H13N3O2/c1-3-13-7(12)8(2,9)6-10-4-5-11-6/h4-5H,3,9H2,1-2H3,(H,10,11). The Kier molecular flexibility index (Phi) is 2.67. The van der Waals surface area contributed by atoms with Crippen LogP contribution in [0.2, 0.25) is 0 Å².